The van der Waals surface area contributed by atoms with E-state index < -0.39 is 23.2 Å². The number of halogens is 3. The second-order valence-corrected chi connectivity index (χ2v) is 10.3. The Morgan fingerprint density at radius 3 is 2.71 bits per heavy atom. The number of pyridine rings is 1. The Hall–Kier alpha value is -0.207. The van der Waals surface area contributed by atoms with Crippen LogP contribution in [0.15, 0.2) is 61.0 Å². The second kappa shape index (κ2) is 8.00. The van der Waals surface area contributed by atoms with Gasteiger partial charge in [0.15, 0.2) is 0 Å². The molecule has 0 amide bonds. The molecule has 1 heterocycles. The number of nitrogens with zero attached hydrogens (tertiary/aromatic N) is 1. The number of hydrogen-bond donors (Lipinski definition) is 0. The maximum atomic E-state index is 4.87. The molecule has 1 nitrogen and oxygen atoms in total. The van der Waals surface area contributed by atoms with Crippen molar-refractivity contribution < 1.29 is 48.0 Å². The van der Waals surface area contributed by atoms with Gasteiger partial charge in [0.25, 0.3) is 0 Å². The van der Waals surface area contributed by atoms with Crippen LogP contribution in [0.5, 0.6) is 0 Å². The third kappa shape index (κ3) is 3.65. The van der Waals surface area contributed by atoms with Crippen molar-refractivity contribution in [2.75, 3.05) is 0 Å². The van der Waals surface area contributed by atoms with Gasteiger partial charge in [-0.2, -0.15) is 0 Å². The summed E-state index contributed by atoms with van der Waals surface area (Å²) in [5, 5.41) is 0. The molecular formula is C19H16BrCl2NZr. The quantitative estimate of drug-likeness (QED) is 0.465. The van der Waals surface area contributed by atoms with Gasteiger partial charge in [0.05, 0.1) is 0 Å². The van der Waals surface area contributed by atoms with Crippen LogP contribution in [-0.4, -0.2) is 4.98 Å². The van der Waals surface area contributed by atoms with Crippen LogP contribution in [0.4, 0.5) is 0 Å². The Morgan fingerprint density at radius 2 is 2.00 bits per heavy atom. The molecule has 0 N–H and O–H groups in total. The molecule has 1 aromatic rings. The molecule has 0 saturated heterocycles. The molecule has 0 bridgehead atoms. The molecule has 3 aliphatic rings. The van der Waals surface area contributed by atoms with Gasteiger partial charge in [-0.25, -0.2) is 0 Å². The van der Waals surface area contributed by atoms with Crippen LogP contribution >= 0.6 is 15.9 Å². The van der Waals surface area contributed by atoms with Gasteiger partial charge in [0.1, 0.15) is 0 Å². The van der Waals surface area contributed by atoms with E-state index in [1.54, 1.807) is 3.28 Å². The van der Waals surface area contributed by atoms with Gasteiger partial charge in [-0.15, -0.1) is 0 Å². The molecule has 24 heavy (non-hydrogen) atoms. The van der Waals surface area contributed by atoms with Crippen LogP contribution in [0.2, 0.25) is 0 Å². The van der Waals surface area contributed by atoms with Crippen LogP contribution in [-0.2, 0) is 23.2 Å². The fraction of sp³-hybridized carbons (Fsp3) is 0.211. The maximum Gasteiger partial charge on any atom is -1.00 e. The van der Waals surface area contributed by atoms with E-state index in [9.17, 15) is 0 Å². The fourth-order valence-corrected chi connectivity index (χ4v) is 6.97. The summed E-state index contributed by atoms with van der Waals surface area (Å²) < 4.78 is 4.15. The van der Waals surface area contributed by atoms with Gasteiger partial charge in [0.2, 0.25) is 0 Å². The minimum atomic E-state index is -0.724. The number of allylic oxidation sites excluding steroid dienone is 9. The molecule has 0 radical (unpaired) electrons. The Bertz CT molecular complexity index is 834. The molecule has 1 atom stereocenters. The van der Waals surface area contributed by atoms with Crippen molar-refractivity contribution in [3.05, 3.63) is 72.3 Å². The van der Waals surface area contributed by atoms with E-state index in [0.717, 1.165) is 16.7 Å². The van der Waals surface area contributed by atoms with Crippen molar-refractivity contribution in [3.63, 3.8) is 0 Å². The molecule has 0 aliphatic heterocycles. The molecule has 3 aliphatic carbocycles. The summed E-state index contributed by atoms with van der Waals surface area (Å²) in [5.41, 5.74) is 6.67. The van der Waals surface area contributed by atoms with Crippen molar-refractivity contribution in [2.24, 2.45) is 0 Å². The first-order chi connectivity index (χ1) is 10.6. The minimum absolute atomic E-state index is 0. The van der Waals surface area contributed by atoms with E-state index in [2.05, 4.69) is 72.3 Å². The number of rotatable bonds is 2. The Balaban J connectivity index is 0.00000104. The number of aromatic nitrogens is 1. The summed E-state index contributed by atoms with van der Waals surface area (Å²) in [6.07, 6.45) is 14.7. The molecule has 1 aromatic heterocycles. The van der Waals surface area contributed by atoms with E-state index in [-0.39, 0.29) is 24.8 Å². The summed E-state index contributed by atoms with van der Waals surface area (Å²) in [7, 11) is 0. The van der Waals surface area contributed by atoms with Crippen molar-refractivity contribution >= 4 is 25.3 Å². The molecule has 122 valence electrons. The van der Waals surface area contributed by atoms with Crippen LogP contribution in [0.3, 0.4) is 0 Å². The molecule has 0 saturated carbocycles. The molecule has 0 spiro atoms. The van der Waals surface area contributed by atoms with Gasteiger partial charge in [-0.1, -0.05) is 0 Å². The Labute approximate surface area is 175 Å². The van der Waals surface area contributed by atoms with Crippen molar-refractivity contribution in [3.8, 4) is 0 Å². The van der Waals surface area contributed by atoms with Gasteiger partial charge in [-0.05, 0) is 0 Å². The first-order valence-corrected chi connectivity index (χ1v) is 10.8. The van der Waals surface area contributed by atoms with E-state index in [4.69, 9.17) is 4.98 Å². The zero-order chi connectivity index (χ0) is 15.3. The Kier molecular flexibility index (Phi) is 6.70. The molecule has 1 unspecified atom stereocenters. The third-order valence-electron chi connectivity index (χ3n) is 4.43. The topological polar surface area (TPSA) is 12.9 Å². The van der Waals surface area contributed by atoms with E-state index in [1.807, 2.05) is 0 Å². The summed E-state index contributed by atoms with van der Waals surface area (Å²) in [6.45, 7) is 4.48. The van der Waals surface area contributed by atoms with Gasteiger partial charge < -0.3 is 24.8 Å². The monoisotopic (exact) mass is 497 g/mol. The molecular weight excluding hydrogens is 484 g/mol. The predicted molar refractivity (Wildman–Crippen MR) is 91.6 cm³/mol. The van der Waals surface area contributed by atoms with E-state index in [0.29, 0.717) is 5.92 Å². The Morgan fingerprint density at radius 1 is 1.21 bits per heavy atom. The number of hydrogen-bond acceptors (Lipinski definition) is 1. The first-order valence-electron chi connectivity index (χ1n) is 7.57. The van der Waals surface area contributed by atoms with Gasteiger partial charge >= 0.3 is 152 Å². The molecule has 4 rings (SSSR count). The van der Waals surface area contributed by atoms with Crippen molar-refractivity contribution in [2.45, 2.75) is 26.2 Å². The predicted octanol–water partition coefficient (Wildman–Crippen LogP) is -1.21. The molecule has 0 fully saturated rings. The smallest absolute Gasteiger partial charge is 1.00 e. The van der Waals surface area contributed by atoms with Crippen molar-refractivity contribution in [1.29, 1.82) is 0 Å². The van der Waals surface area contributed by atoms with Crippen LogP contribution in [0.25, 0.3) is 6.08 Å². The maximum absolute atomic E-state index is 4.87. The summed E-state index contributed by atoms with van der Waals surface area (Å²) in [6, 6.07) is 2.42. The standard InChI is InChI=1S/C14H11BrN.C5H5.2ClH.Zr/c1-8-5-10-7-13-11(3-4-14(15)16-13)9(2)12(10)6-8;1-2-4-5-3-1;;;/h3,5-7,9H,1-2H3;1-3H,4H2;2*1H;/q;;;;+2/p-2. The largest absolute Gasteiger partial charge is 1.00 e. The first kappa shape index (κ1) is 20.1. The zero-order valence-corrected chi connectivity index (χ0v) is 19.0. The van der Waals surface area contributed by atoms with Crippen LogP contribution in [0, 0.1) is 0 Å². The minimum Gasteiger partial charge on any atom is -1.00 e. The van der Waals surface area contributed by atoms with E-state index >= 15 is 0 Å². The van der Waals surface area contributed by atoms with Crippen LogP contribution in [0.1, 0.15) is 37.4 Å². The van der Waals surface area contributed by atoms with Gasteiger partial charge in [-0.3, -0.25) is 0 Å². The SMILES string of the molecule is CC1=CC2=Cc3nc(Br)[c]([Zr+2][C]4=CC=CC4)cc3C(C)C2=C1.[Cl-].[Cl-]. The van der Waals surface area contributed by atoms with E-state index in [1.165, 1.54) is 25.6 Å². The molecule has 0 aromatic carbocycles. The summed E-state index contributed by atoms with van der Waals surface area (Å²) in [4.78, 5) is 4.87. The average molecular weight is 500 g/mol. The normalized spacial score (nSPS) is 19.7. The molecule has 5 heteroatoms. The average Bonchev–Trinajstić information content (AvgIpc) is 3.10. The fourth-order valence-electron chi connectivity index (χ4n) is 3.30. The third-order valence-corrected chi connectivity index (χ3v) is 9.23. The van der Waals surface area contributed by atoms with Crippen LogP contribution < -0.4 is 28.1 Å². The zero-order valence-electron chi connectivity index (χ0n) is 13.4. The van der Waals surface area contributed by atoms with Crippen molar-refractivity contribution in [1.82, 2.24) is 4.98 Å². The summed E-state index contributed by atoms with van der Waals surface area (Å²) >= 11 is 2.99. The number of fused-ring (bicyclic) bond motifs is 2. The second-order valence-electron chi connectivity index (χ2n) is 6.06. The van der Waals surface area contributed by atoms with Gasteiger partial charge in [0, 0.05) is 0 Å². The summed E-state index contributed by atoms with van der Waals surface area (Å²) in [5.74, 6) is 0.443.